The number of aromatic nitrogens is 2. The number of anilines is 1. The minimum absolute atomic E-state index is 0.454. The zero-order valence-corrected chi connectivity index (χ0v) is 10.3. The molecule has 1 N–H and O–H groups in total. The second-order valence-corrected chi connectivity index (χ2v) is 4.87. The van der Waals surface area contributed by atoms with Crippen molar-refractivity contribution in [1.29, 1.82) is 0 Å². The smallest absolute Gasteiger partial charge is 0.129 e. The van der Waals surface area contributed by atoms with Gasteiger partial charge in [-0.05, 0) is 25.9 Å². The maximum Gasteiger partial charge on any atom is 0.129 e. The summed E-state index contributed by atoms with van der Waals surface area (Å²) >= 11 is 0. The van der Waals surface area contributed by atoms with Crippen LogP contribution in [-0.4, -0.2) is 41.0 Å². The van der Waals surface area contributed by atoms with Gasteiger partial charge in [0, 0.05) is 24.3 Å². The fourth-order valence-electron chi connectivity index (χ4n) is 2.03. The van der Waals surface area contributed by atoms with Crippen molar-refractivity contribution in [1.82, 2.24) is 14.9 Å². The maximum atomic E-state index is 4.27. The normalized spacial score (nSPS) is 21.6. The van der Waals surface area contributed by atoms with Crippen LogP contribution in [0.15, 0.2) is 12.4 Å². The molecule has 1 fully saturated rings. The molecule has 4 nitrogen and oxygen atoms in total. The summed E-state index contributed by atoms with van der Waals surface area (Å²) < 4.78 is 0. The fraction of sp³-hybridized carbons (Fsp3) is 0.667. The van der Waals surface area contributed by atoms with Crippen LogP contribution < -0.4 is 5.32 Å². The highest BCUT2D eigenvalue weighted by molar-refractivity contribution is 5.37. The van der Waals surface area contributed by atoms with Crippen molar-refractivity contribution in [3.63, 3.8) is 0 Å². The third-order valence-electron chi connectivity index (χ3n) is 3.02. The van der Waals surface area contributed by atoms with Crippen molar-refractivity contribution in [2.24, 2.45) is 0 Å². The first kappa shape index (κ1) is 11.3. The van der Waals surface area contributed by atoms with Gasteiger partial charge in [0.05, 0.1) is 0 Å². The van der Waals surface area contributed by atoms with Crippen LogP contribution in [0.3, 0.4) is 0 Å². The van der Waals surface area contributed by atoms with Crippen LogP contribution in [0, 0.1) is 0 Å². The minimum Gasteiger partial charge on any atom is -0.366 e. The zero-order valence-electron chi connectivity index (χ0n) is 10.3. The van der Waals surface area contributed by atoms with Gasteiger partial charge in [0.15, 0.2) is 0 Å². The average Bonchev–Trinajstić information content (AvgIpc) is 2.64. The molecule has 1 saturated heterocycles. The Hall–Kier alpha value is -1.16. The summed E-state index contributed by atoms with van der Waals surface area (Å²) in [6, 6.07) is 2.59. The molecule has 0 aliphatic carbocycles. The van der Waals surface area contributed by atoms with Crippen LogP contribution >= 0.6 is 0 Å². The molecular formula is C12H20N4. The third kappa shape index (κ3) is 2.70. The van der Waals surface area contributed by atoms with Gasteiger partial charge in [-0.2, -0.15) is 0 Å². The van der Waals surface area contributed by atoms with Crippen molar-refractivity contribution in [3.8, 4) is 0 Å². The van der Waals surface area contributed by atoms with E-state index in [0.717, 1.165) is 18.1 Å². The predicted molar refractivity (Wildman–Crippen MR) is 65.6 cm³/mol. The molecule has 88 valence electrons. The Morgan fingerprint density at radius 3 is 2.88 bits per heavy atom. The fourth-order valence-corrected chi connectivity index (χ4v) is 2.03. The number of nitrogens with one attached hydrogen (secondary N) is 1. The Bertz CT molecular complexity index is 351. The molecule has 1 aliphatic rings. The summed E-state index contributed by atoms with van der Waals surface area (Å²) in [5.41, 5.74) is 1.10. The van der Waals surface area contributed by atoms with Gasteiger partial charge in [-0.1, -0.05) is 13.8 Å². The van der Waals surface area contributed by atoms with Crippen LogP contribution in [-0.2, 0) is 0 Å². The molecule has 2 rings (SSSR count). The number of hydrogen-bond acceptors (Lipinski definition) is 4. The standard InChI is InChI=1S/C12H20N4/c1-9(2)11-6-12(14-8-13-11)15-10-4-5-16(3)7-10/h6,8-10H,4-5,7H2,1-3H3,(H,13,14,15). The Labute approximate surface area is 97.1 Å². The second kappa shape index (κ2) is 4.78. The lowest BCUT2D eigenvalue weighted by atomic mass is 10.1. The van der Waals surface area contributed by atoms with Crippen LogP contribution in [0.25, 0.3) is 0 Å². The topological polar surface area (TPSA) is 41.0 Å². The molecule has 0 spiro atoms. The number of rotatable bonds is 3. The van der Waals surface area contributed by atoms with E-state index in [4.69, 9.17) is 0 Å². The van der Waals surface area contributed by atoms with Crippen molar-refractivity contribution in [2.75, 3.05) is 25.5 Å². The molecule has 4 heteroatoms. The van der Waals surface area contributed by atoms with Crippen molar-refractivity contribution in [3.05, 3.63) is 18.1 Å². The molecule has 0 aromatic carbocycles. The highest BCUT2D eigenvalue weighted by Crippen LogP contribution is 2.16. The van der Waals surface area contributed by atoms with Crippen LogP contribution in [0.2, 0.25) is 0 Å². The van der Waals surface area contributed by atoms with E-state index in [-0.39, 0.29) is 0 Å². The van der Waals surface area contributed by atoms with Gasteiger partial charge in [-0.15, -0.1) is 0 Å². The molecule has 0 bridgehead atoms. The Morgan fingerprint density at radius 2 is 2.25 bits per heavy atom. The Kier molecular flexibility index (Phi) is 3.39. The zero-order chi connectivity index (χ0) is 11.5. The number of likely N-dealkylation sites (tertiary alicyclic amines) is 1. The van der Waals surface area contributed by atoms with Crippen molar-refractivity contribution in [2.45, 2.75) is 32.2 Å². The lowest BCUT2D eigenvalue weighted by Crippen LogP contribution is -2.24. The van der Waals surface area contributed by atoms with E-state index in [1.54, 1.807) is 6.33 Å². The highest BCUT2D eigenvalue weighted by Gasteiger charge is 2.19. The van der Waals surface area contributed by atoms with Crippen LogP contribution in [0.5, 0.6) is 0 Å². The first-order chi connectivity index (χ1) is 7.65. The quantitative estimate of drug-likeness (QED) is 0.842. The predicted octanol–water partition coefficient (Wildman–Crippen LogP) is 1.72. The molecule has 1 aromatic rings. The summed E-state index contributed by atoms with van der Waals surface area (Å²) in [6.07, 6.45) is 2.84. The van der Waals surface area contributed by atoms with Gasteiger partial charge >= 0.3 is 0 Å². The first-order valence-corrected chi connectivity index (χ1v) is 5.92. The largest absolute Gasteiger partial charge is 0.366 e. The molecule has 0 saturated carbocycles. The van der Waals surface area contributed by atoms with E-state index in [9.17, 15) is 0 Å². The van der Waals surface area contributed by atoms with E-state index < -0.39 is 0 Å². The summed E-state index contributed by atoms with van der Waals surface area (Å²) in [5.74, 6) is 1.41. The minimum atomic E-state index is 0.454. The number of nitrogens with zero attached hydrogens (tertiary/aromatic N) is 3. The molecule has 16 heavy (non-hydrogen) atoms. The summed E-state index contributed by atoms with van der Waals surface area (Å²) in [6.45, 7) is 6.56. The van der Waals surface area contributed by atoms with E-state index in [0.29, 0.717) is 12.0 Å². The molecule has 1 aromatic heterocycles. The van der Waals surface area contributed by atoms with Crippen molar-refractivity contribution < 1.29 is 0 Å². The number of hydrogen-bond donors (Lipinski definition) is 1. The average molecular weight is 220 g/mol. The SMILES string of the molecule is CC(C)c1cc(NC2CCN(C)C2)ncn1. The molecule has 1 atom stereocenters. The lowest BCUT2D eigenvalue weighted by molar-refractivity contribution is 0.414. The van der Waals surface area contributed by atoms with Crippen LogP contribution in [0.4, 0.5) is 5.82 Å². The molecule has 0 radical (unpaired) electrons. The van der Waals surface area contributed by atoms with Gasteiger partial charge < -0.3 is 10.2 Å². The van der Waals surface area contributed by atoms with Crippen molar-refractivity contribution >= 4 is 5.82 Å². The van der Waals surface area contributed by atoms with Gasteiger partial charge in [-0.3, -0.25) is 0 Å². The molecule has 1 aliphatic heterocycles. The van der Waals surface area contributed by atoms with Crippen LogP contribution in [0.1, 0.15) is 31.9 Å². The van der Waals surface area contributed by atoms with E-state index in [1.165, 1.54) is 13.0 Å². The molecule has 2 heterocycles. The van der Waals surface area contributed by atoms with Gasteiger partial charge in [0.1, 0.15) is 12.1 Å². The number of likely N-dealkylation sites (N-methyl/N-ethyl adjacent to an activating group) is 1. The van der Waals surface area contributed by atoms with E-state index >= 15 is 0 Å². The van der Waals surface area contributed by atoms with E-state index in [1.807, 2.05) is 0 Å². The second-order valence-electron chi connectivity index (χ2n) is 4.87. The Morgan fingerprint density at radius 1 is 1.44 bits per heavy atom. The first-order valence-electron chi connectivity index (χ1n) is 5.92. The summed E-state index contributed by atoms with van der Waals surface area (Å²) in [5, 5.41) is 3.47. The highest BCUT2D eigenvalue weighted by atomic mass is 15.2. The van der Waals surface area contributed by atoms with Gasteiger partial charge in [-0.25, -0.2) is 9.97 Å². The molecular weight excluding hydrogens is 200 g/mol. The van der Waals surface area contributed by atoms with Gasteiger partial charge in [0.25, 0.3) is 0 Å². The maximum absolute atomic E-state index is 4.27. The van der Waals surface area contributed by atoms with Gasteiger partial charge in [0.2, 0.25) is 0 Å². The molecule has 1 unspecified atom stereocenters. The Balaban J connectivity index is 2.01. The summed E-state index contributed by atoms with van der Waals surface area (Å²) in [7, 11) is 2.15. The third-order valence-corrected chi connectivity index (χ3v) is 3.02. The monoisotopic (exact) mass is 220 g/mol. The summed E-state index contributed by atoms with van der Waals surface area (Å²) in [4.78, 5) is 10.9. The molecule has 0 amide bonds. The van der Waals surface area contributed by atoms with E-state index in [2.05, 4.69) is 47.1 Å². The lowest BCUT2D eigenvalue weighted by Gasteiger charge is -2.14.